The smallest absolute Gasteiger partial charge is 0.0642 e. The highest BCUT2D eigenvalue weighted by Crippen LogP contribution is 2.18. The molecule has 0 atom stereocenters. The Balaban J connectivity index is 1.85. The van der Waals surface area contributed by atoms with E-state index in [1.807, 2.05) is 0 Å². The molecular formula is C19H21NO. The molecule has 1 aliphatic rings. The Morgan fingerprint density at radius 3 is 2.19 bits per heavy atom. The summed E-state index contributed by atoms with van der Waals surface area (Å²) in [6.45, 7) is 3.60. The first-order chi connectivity index (χ1) is 10.4. The minimum absolute atomic E-state index is 0.820. The Bertz CT molecular complexity index is 571. The maximum atomic E-state index is 5.48. The molecule has 0 saturated carbocycles. The molecule has 108 valence electrons. The largest absolute Gasteiger partial charge is 0.378 e. The second-order valence-electron chi connectivity index (χ2n) is 5.31. The van der Waals surface area contributed by atoms with Crippen LogP contribution in [0, 0.1) is 0 Å². The van der Waals surface area contributed by atoms with Gasteiger partial charge >= 0.3 is 0 Å². The van der Waals surface area contributed by atoms with Crippen molar-refractivity contribution in [3.8, 4) is 0 Å². The Kier molecular flexibility index (Phi) is 4.70. The van der Waals surface area contributed by atoms with Gasteiger partial charge in [-0.05, 0) is 17.2 Å². The van der Waals surface area contributed by atoms with E-state index in [1.165, 1.54) is 16.8 Å². The van der Waals surface area contributed by atoms with E-state index in [4.69, 9.17) is 4.74 Å². The quantitative estimate of drug-likeness (QED) is 0.848. The minimum Gasteiger partial charge on any atom is -0.378 e. The Labute approximate surface area is 126 Å². The van der Waals surface area contributed by atoms with E-state index in [0.717, 1.165) is 32.7 Å². The molecule has 3 rings (SSSR count). The van der Waals surface area contributed by atoms with Gasteiger partial charge in [0.2, 0.25) is 0 Å². The fourth-order valence-electron chi connectivity index (χ4n) is 2.65. The van der Waals surface area contributed by atoms with Gasteiger partial charge in [0.1, 0.15) is 0 Å². The molecule has 2 heteroatoms. The zero-order valence-electron chi connectivity index (χ0n) is 12.2. The van der Waals surface area contributed by atoms with Crippen molar-refractivity contribution < 1.29 is 4.74 Å². The molecule has 1 heterocycles. The van der Waals surface area contributed by atoms with Gasteiger partial charge in [-0.15, -0.1) is 0 Å². The van der Waals surface area contributed by atoms with Crippen LogP contribution in [0.3, 0.4) is 0 Å². The van der Waals surface area contributed by atoms with E-state index in [1.54, 1.807) is 0 Å². The van der Waals surface area contributed by atoms with Crippen molar-refractivity contribution in [3.05, 3.63) is 77.5 Å². The van der Waals surface area contributed by atoms with Gasteiger partial charge in [-0.3, -0.25) is 0 Å². The lowest BCUT2D eigenvalue weighted by Gasteiger charge is -2.31. The third-order valence-electron chi connectivity index (χ3n) is 3.78. The van der Waals surface area contributed by atoms with E-state index < -0.39 is 0 Å². The summed E-state index contributed by atoms with van der Waals surface area (Å²) in [5.41, 5.74) is 3.98. The van der Waals surface area contributed by atoms with Gasteiger partial charge in [0.05, 0.1) is 13.2 Å². The molecule has 2 aromatic carbocycles. The summed E-state index contributed by atoms with van der Waals surface area (Å²) in [4.78, 5) is 2.45. The summed E-state index contributed by atoms with van der Waals surface area (Å²) in [7, 11) is 0. The summed E-state index contributed by atoms with van der Waals surface area (Å²) < 4.78 is 5.48. The zero-order valence-corrected chi connectivity index (χ0v) is 12.2. The molecule has 0 spiro atoms. The monoisotopic (exact) mass is 279 g/mol. The van der Waals surface area contributed by atoms with Crippen molar-refractivity contribution in [2.45, 2.75) is 6.42 Å². The Morgan fingerprint density at radius 2 is 1.52 bits per heavy atom. The number of ether oxygens (including phenoxy) is 1. The normalized spacial score (nSPS) is 16.0. The molecule has 21 heavy (non-hydrogen) atoms. The lowest BCUT2D eigenvalue weighted by atomic mass is 10.1. The minimum atomic E-state index is 0.820. The molecule has 1 saturated heterocycles. The van der Waals surface area contributed by atoms with Gasteiger partial charge in [0.15, 0.2) is 0 Å². The number of nitrogens with zero attached hydrogens (tertiary/aromatic N) is 1. The number of morpholine rings is 1. The van der Waals surface area contributed by atoms with Crippen LogP contribution in [-0.4, -0.2) is 31.2 Å². The average Bonchev–Trinajstić information content (AvgIpc) is 2.57. The molecule has 1 aliphatic heterocycles. The number of benzene rings is 2. The van der Waals surface area contributed by atoms with Crippen LogP contribution in [0.25, 0.3) is 6.08 Å². The first-order valence-corrected chi connectivity index (χ1v) is 7.54. The van der Waals surface area contributed by atoms with Gasteiger partial charge in [0.25, 0.3) is 0 Å². The van der Waals surface area contributed by atoms with Crippen LogP contribution in [0.5, 0.6) is 0 Å². The zero-order chi connectivity index (χ0) is 14.3. The molecule has 0 amide bonds. The molecular weight excluding hydrogens is 258 g/mol. The highest BCUT2D eigenvalue weighted by molar-refractivity contribution is 5.53. The molecule has 2 aromatic rings. The number of hydrogen-bond donors (Lipinski definition) is 0. The van der Waals surface area contributed by atoms with Crippen LogP contribution in [0.15, 0.2) is 66.4 Å². The molecule has 2 nitrogen and oxygen atoms in total. The highest BCUT2D eigenvalue weighted by Gasteiger charge is 2.14. The van der Waals surface area contributed by atoms with Gasteiger partial charge in [-0.2, -0.15) is 0 Å². The molecule has 0 aromatic heterocycles. The Hall–Kier alpha value is -2.06. The van der Waals surface area contributed by atoms with Gasteiger partial charge in [-0.25, -0.2) is 0 Å². The van der Waals surface area contributed by atoms with E-state index in [0.29, 0.717) is 0 Å². The van der Waals surface area contributed by atoms with E-state index >= 15 is 0 Å². The fraction of sp³-hybridized carbons (Fsp3) is 0.263. The second kappa shape index (κ2) is 7.09. The van der Waals surface area contributed by atoms with Crippen molar-refractivity contribution in [3.63, 3.8) is 0 Å². The molecule has 0 bridgehead atoms. The molecule has 0 N–H and O–H groups in total. The van der Waals surface area contributed by atoms with Crippen molar-refractivity contribution >= 4 is 6.08 Å². The maximum Gasteiger partial charge on any atom is 0.0642 e. The Morgan fingerprint density at radius 1 is 0.905 bits per heavy atom. The molecule has 0 aliphatic carbocycles. The van der Waals surface area contributed by atoms with Crippen LogP contribution in [-0.2, 0) is 11.2 Å². The average molecular weight is 279 g/mol. The van der Waals surface area contributed by atoms with Crippen LogP contribution < -0.4 is 0 Å². The second-order valence-corrected chi connectivity index (χ2v) is 5.31. The number of rotatable bonds is 4. The summed E-state index contributed by atoms with van der Waals surface area (Å²) in [5, 5.41) is 0. The number of hydrogen-bond acceptors (Lipinski definition) is 2. The van der Waals surface area contributed by atoms with Crippen molar-refractivity contribution in [2.24, 2.45) is 0 Å². The fourth-order valence-corrected chi connectivity index (χ4v) is 2.65. The predicted octanol–water partition coefficient (Wildman–Crippen LogP) is 3.60. The standard InChI is InChI=1S/C19H21NO/c1-3-7-17(8-4-1)15-19(20-11-13-21-14-12-20)16-18-9-5-2-6-10-18/h1-10,15H,11-14,16H2/b19-15-. The van der Waals surface area contributed by atoms with Crippen LogP contribution in [0.1, 0.15) is 11.1 Å². The topological polar surface area (TPSA) is 12.5 Å². The van der Waals surface area contributed by atoms with Crippen LogP contribution in [0.4, 0.5) is 0 Å². The SMILES string of the molecule is C(=C(\Cc1ccccc1)N1CCOCC1)/c1ccccc1. The first kappa shape index (κ1) is 13.9. The summed E-state index contributed by atoms with van der Waals surface area (Å²) >= 11 is 0. The summed E-state index contributed by atoms with van der Waals surface area (Å²) in [6.07, 6.45) is 3.27. The van der Waals surface area contributed by atoms with Crippen LogP contribution in [0.2, 0.25) is 0 Å². The van der Waals surface area contributed by atoms with Gasteiger partial charge in [-0.1, -0.05) is 60.7 Å². The molecule has 1 fully saturated rings. The lowest BCUT2D eigenvalue weighted by Crippen LogP contribution is -2.36. The van der Waals surface area contributed by atoms with Crippen LogP contribution >= 0.6 is 0 Å². The third kappa shape index (κ3) is 3.96. The van der Waals surface area contributed by atoms with Crippen molar-refractivity contribution in [2.75, 3.05) is 26.3 Å². The predicted molar refractivity (Wildman–Crippen MR) is 87.0 cm³/mol. The van der Waals surface area contributed by atoms with Gasteiger partial charge in [0, 0.05) is 25.2 Å². The molecule has 0 radical (unpaired) electrons. The number of allylic oxidation sites excluding steroid dienone is 1. The van der Waals surface area contributed by atoms with Crippen molar-refractivity contribution in [1.82, 2.24) is 4.90 Å². The summed E-state index contributed by atoms with van der Waals surface area (Å²) in [5.74, 6) is 0. The maximum absolute atomic E-state index is 5.48. The van der Waals surface area contributed by atoms with E-state index in [2.05, 4.69) is 71.6 Å². The third-order valence-corrected chi connectivity index (χ3v) is 3.78. The van der Waals surface area contributed by atoms with E-state index in [-0.39, 0.29) is 0 Å². The highest BCUT2D eigenvalue weighted by atomic mass is 16.5. The first-order valence-electron chi connectivity index (χ1n) is 7.54. The lowest BCUT2D eigenvalue weighted by molar-refractivity contribution is 0.0532. The molecule has 0 unspecified atom stereocenters. The van der Waals surface area contributed by atoms with Crippen molar-refractivity contribution in [1.29, 1.82) is 0 Å². The van der Waals surface area contributed by atoms with Gasteiger partial charge < -0.3 is 9.64 Å². The summed E-state index contributed by atoms with van der Waals surface area (Å²) in [6, 6.07) is 21.2. The van der Waals surface area contributed by atoms with E-state index in [9.17, 15) is 0 Å².